The number of anilines is 4. The zero-order valence-electron chi connectivity index (χ0n) is 17.6. The Morgan fingerprint density at radius 3 is 2.13 bits per heavy atom. The average molecular weight is 435 g/mol. The number of sulfonamides is 1. The van der Waals surface area contributed by atoms with Gasteiger partial charge < -0.3 is 10.6 Å². The standard InChI is InChI=1S/C24H26N4O2S/c1-3-4-15-25-23-16-17(28-31(2,29)30)13-14-22(23)27-24-18-9-5-7-11-20(18)26-21-12-8-6-10-19(21)24/h5-14,16,25,28H,3-4,15H2,1-2H3,(H,26,27). The van der Waals surface area contributed by atoms with E-state index in [1.807, 2.05) is 48.5 Å². The van der Waals surface area contributed by atoms with Gasteiger partial charge in [0.15, 0.2) is 0 Å². The van der Waals surface area contributed by atoms with E-state index in [9.17, 15) is 8.42 Å². The molecule has 0 atom stereocenters. The van der Waals surface area contributed by atoms with E-state index in [1.54, 1.807) is 6.07 Å². The van der Waals surface area contributed by atoms with E-state index in [1.165, 1.54) is 0 Å². The van der Waals surface area contributed by atoms with Crippen molar-refractivity contribution >= 4 is 54.6 Å². The molecule has 160 valence electrons. The molecule has 0 spiro atoms. The Morgan fingerprint density at radius 2 is 1.52 bits per heavy atom. The third kappa shape index (κ3) is 4.88. The number of hydrogen-bond acceptors (Lipinski definition) is 5. The molecule has 0 unspecified atom stereocenters. The maximum absolute atomic E-state index is 11.7. The molecule has 4 aromatic rings. The van der Waals surface area contributed by atoms with Crippen LogP contribution < -0.4 is 15.4 Å². The van der Waals surface area contributed by atoms with Gasteiger partial charge in [0.2, 0.25) is 10.0 Å². The molecular formula is C24H26N4O2S. The molecule has 0 bridgehead atoms. The van der Waals surface area contributed by atoms with Crippen molar-refractivity contribution in [2.75, 3.05) is 28.2 Å². The van der Waals surface area contributed by atoms with Gasteiger partial charge in [-0.1, -0.05) is 49.7 Å². The average Bonchev–Trinajstić information content (AvgIpc) is 2.74. The monoisotopic (exact) mass is 434 g/mol. The normalized spacial score (nSPS) is 11.5. The molecule has 3 N–H and O–H groups in total. The van der Waals surface area contributed by atoms with Crippen LogP contribution in [0.5, 0.6) is 0 Å². The summed E-state index contributed by atoms with van der Waals surface area (Å²) in [5.74, 6) is 0. The summed E-state index contributed by atoms with van der Waals surface area (Å²) in [7, 11) is -3.35. The van der Waals surface area contributed by atoms with Crippen molar-refractivity contribution < 1.29 is 8.42 Å². The molecule has 0 amide bonds. The molecule has 0 saturated heterocycles. The zero-order valence-corrected chi connectivity index (χ0v) is 18.5. The molecule has 31 heavy (non-hydrogen) atoms. The van der Waals surface area contributed by atoms with Crippen molar-refractivity contribution in [1.29, 1.82) is 0 Å². The van der Waals surface area contributed by atoms with Crippen LogP contribution in [0.25, 0.3) is 21.8 Å². The highest BCUT2D eigenvalue weighted by Gasteiger charge is 2.12. The fourth-order valence-electron chi connectivity index (χ4n) is 3.59. The molecule has 0 fully saturated rings. The van der Waals surface area contributed by atoms with E-state index in [2.05, 4.69) is 34.4 Å². The second-order valence-corrected chi connectivity index (χ2v) is 9.31. The summed E-state index contributed by atoms with van der Waals surface area (Å²) < 4.78 is 25.9. The lowest BCUT2D eigenvalue weighted by Gasteiger charge is -2.18. The first-order valence-corrected chi connectivity index (χ1v) is 12.2. The van der Waals surface area contributed by atoms with Gasteiger partial charge in [0.1, 0.15) is 0 Å². The van der Waals surface area contributed by atoms with Crippen LogP contribution in [0.1, 0.15) is 19.8 Å². The number of aromatic nitrogens is 1. The summed E-state index contributed by atoms with van der Waals surface area (Å²) in [6.45, 7) is 2.93. The second-order valence-electron chi connectivity index (χ2n) is 7.56. The second kappa shape index (κ2) is 8.81. The number of fused-ring (bicyclic) bond motifs is 2. The van der Waals surface area contributed by atoms with Crippen molar-refractivity contribution in [3.05, 3.63) is 66.7 Å². The first kappa shape index (κ1) is 20.9. The lowest BCUT2D eigenvalue weighted by atomic mass is 10.1. The van der Waals surface area contributed by atoms with Crippen molar-refractivity contribution in [2.24, 2.45) is 0 Å². The quantitative estimate of drug-likeness (QED) is 0.244. The molecule has 0 radical (unpaired) electrons. The molecule has 7 heteroatoms. The highest BCUT2D eigenvalue weighted by Crippen LogP contribution is 2.36. The van der Waals surface area contributed by atoms with Crippen molar-refractivity contribution in [1.82, 2.24) is 4.98 Å². The minimum atomic E-state index is -3.35. The largest absolute Gasteiger partial charge is 0.383 e. The van der Waals surface area contributed by atoms with Gasteiger partial charge in [0.05, 0.1) is 40.0 Å². The Bertz CT molecular complexity index is 1280. The summed E-state index contributed by atoms with van der Waals surface area (Å²) in [4.78, 5) is 4.79. The Kier molecular flexibility index (Phi) is 5.95. The van der Waals surface area contributed by atoms with Crippen LogP contribution >= 0.6 is 0 Å². The molecule has 1 aromatic heterocycles. The number of unbranched alkanes of at least 4 members (excludes halogenated alkanes) is 1. The fraction of sp³-hybridized carbons (Fsp3) is 0.208. The maximum atomic E-state index is 11.7. The van der Waals surface area contributed by atoms with Gasteiger partial charge in [0, 0.05) is 17.3 Å². The van der Waals surface area contributed by atoms with Gasteiger partial charge >= 0.3 is 0 Å². The van der Waals surface area contributed by atoms with Crippen LogP contribution in [0, 0.1) is 0 Å². The maximum Gasteiger partial charge on any atom is 0.229 e. The van der Waals surface area contributed by atoms with Gasteiger partial charge in [-0.25, -0.2) is 13.4 Å². The zero-order chi connectivity index (χ0) is 21.8. The first-order valence-electron chi connectivity index (χ1n) is 10.3. The van der Waals surface area contributed by atoms with Crippen LogP contribution in [0.3, 0.4) is 0 Å². The number of nitrogens with one attached hydrogen (secondary N) is 3. The summed E-state index contributed by atoms with van der Waals surface area (Å²) in [5.41, 5.74) is 5.04. The number of para-hydroxylation sites is 2. The predicted octanol–water partition coefficient (Wildman–Crippen LogP) is 5.72. The van der Waals surface area contributed by atoms with Crippen LogP contribution in [-0.4, -0.2) is 26.2 Å². The van der Waals surface area contributed by atoms with Crippen molar-refractivity contribution in [3.8, 4) is 0 Å². The van der Waals surface area contributed by atoms with E-state index in [0.29, 0.717) is 5.69 Å². The SMILES string of the molecule is CCCCNc1cc(NS(C)(=O)=O)ccc1Nc1c2ccccc2nc2ccccc12. The first-order chi connectivity index (χ1) is 14.9. The van der Waals surface area contributed by atoms with Gasteiger partial charge in [0.25, 0.3) is 0 Å². The van der Waals surface area contributed by atoms with Crippen LogP contribution in [0.15, 0.2) is 66.7 Å². The molecule has 4 rings (SSSR count). The Balaban J connectivity index is 1.81. The summed E-state index contributed by atoms with van der Waals surface area (Å²) in [5, 5.41) is 9.09. The minimum Gasteiger partial charge on any atom is -0.383 e. The van der Waals surface area contributed by atoms with Gasteiger partial charge in [-0.15, -0.1) is 0 Å². The van der Waals surface area contributed by atoms with Crippen LogP contribution in [0.4, 0.5) is 22.7 Å². The van der Waals surface area contributed by atoms with Gasteiger partial charge in [-0.2, -0.15) is 0 Å². The highest BCUT2D eigenvalue weighted by atomic mass is 32.2. The van der Waals surface area contributed by atoms with E-state index in [4.69, 9.17) is 4.98 Å². The molecule has 0 aliphatic heterocycles. The molecule has 6 nitrogen and oxygen atoms in total. The van der Waals surface area contributed by atoms with E-state index in [0.717, 1.165) is 64.5 Å². The summed E-state index contributed by atoms with van der Waals surface area (Å²) >= 11 is 0. The van der Waals surface area contributed by atoms with Crippen LogP contribution in [-0.2, 0) is 10.0 Å². The third-order valence-corrected chi connectivity index (χ3v) is 5.62. The number of benzene rings is 3. The molecule has 0 aliphatic rings. The summed E-state index contributed by atoms with van der Waals surface area (Å²) in [6.07, 6.45) is 3.24. The third-order valence-electron chi connectivity index (χ3n) is 5.02. The van der Waals surface area contributed by atoms with E-state index >= 15 is 0 Å². The topological polar surface area (TPSA) is 83.1 Å². The van der Waals surface area contributed by atoms with Gasteiger partial charge in [-0.05, 0) is 36.8 Å². The Morgan fingerprint density at radius 1 is 0.871 bits per heavy atom. The van der Waals surface area contributed by atoms with E-state index in [-0.39, 0.29) is 0 Å². The molecule has 0 aliphatic carbocycles. The Hall–Kier alpha value is -3.32. The van der Waals surface area contributed by atoms with E-state index < -0.39 is 10.0 Å². The minimum absolute atomic E-state index is 0.525. The molecule has 1 heterocycles. The lowest BCUT2D eigenvalue weighted by molar-refractivity contribution is 0.607. The highest BCUT2D eigenvalue weighted by molar-refractivity contribution is 7.92. The van der Waals surface area contributed by atoms with Crippen molar-refractivity contribution in [3.63, 3.8) is 0 Å². The fourth-order valence-corrected chi connectivity index (χ4v) is 4.14. The molecule has 0 saturated carbocycles. The lowest BCUT2D eigenvalue weighted by Crippen LogP contribution is -2.11. The predicted molar refractivity (Wildman–Crippen MR) is 131 cm³/mol. The number of hydrogen-bond donors (Lipinski definition) is 3. The molecule has 3 aromatic carbocycles. The number of nitrogens with zero attached hydrogens (tertiary/aromatic N) is 1. The number of pyridine rings is 1. The van der Waals surface area contributed by atoms with Crippen LogP contribution in [0.2, 0.25) is 0 Å². The smallest absolute Gasteiger partial charge is 0.229 e. The Labute approximate surface area is 182 Å². The molecular weight excluding hydrogens is 408 g/mol. The number of rotatable bonds is 8. The van der Waals surface area contributed by atoms with Crippen molar-refractivity contribution in [2.45, 2.75) is 19.8 Å². The summed E-state index contributed by atoms with van der Waals surface area (Å²) in [6, 6.07) is 21.6. The van der Waals surface area contributed by atoms with Gasteiger partial charge in [-0.3, -0.25) is 4.72 Å².